The number of unbranched alkanes of at least 4 members (excludes halogenated alkanes) is 3. The van der Waals surface area contributed by atoms with Crippen LogP contribution in [0.25, 0.3) is 0 Å². The van der Waals surface area contributed by atoms with Gasteiger partial charge in [-0.2, -0.15) is 0 Å². The molecule has 0 aromatic carbocycles. The molecule has 0 fully saturated rings. The normalized spacial score (nSPS) is 8.67. The van der Waals surface area contributed by atoms with E-state index in [9.17, 15) is 0 Å². The van der Waals surface area contributed by atoms with Crippen LogP contribution in [0.2, 0.25) is 0 Å². The molecule has 2 N–H and O–H groups in total. The highest BCUT2D eigenvalue weighted by Gasteiger charge is 1.84. The maximum Gasteiger partial charge on any atom is 0.316 e. The standard InChI is InChI=1S/C6H14O2.Mg.2H/c7-5-3-1-2-4-6-8;;;/h7-8H,1-6H2;;;. The second-order valence-corrected chi connectivity index (χ2v) is 1.86. The van der Waals surface area contributed by atoms with Crippen LogP contribution in [0.4, 0.5) is 0 Å². The molecule has 0 spiro atoms. The number of hydrogen-bond donors (Lipinski definition) is 2. The first-order valence-electron chi connectivity index (χ1n) is 3.13. The molecular formula is C6H16MgO2. The molecule has 0 aliphatic carbocycles. The smallest absolute Gasteiger partial charge is 0.316 e. The van der Waals surface area contributed by atoms with Crippen molar-refractivity contribution in [1.82, 2.24) is 0 Å². The highest BCUT2D eigenvalue weighted by Crippen LogP contribution is 1.96. The molecule has 0 radical (unpaired) electrons. The van der Waals surface area contributed by atoms with Gasteiger partial charge in [-0.3, -0.25) is 0 Å². The van der Waals surface area contributed by atoms with E-state index in [-0.39, 0.29) is 36.3 Å². The average molecular weight is 144 g/mol. The molecule has 54 valence electrons. The topological polar surface area (TPSA) is 40.5 Å². The quantitative estimate of drug-likeness (QED) is 0.408. The van der Waals surface area contributed by atoms with Gasteiger partial charge in [0.05, 0.1) is 0 Å². The van der Waals surface area contributed by atoms with Crippen LogP contribution in [0.15, 0.2) is 0 Å². The van der Waals surface area contributed by atoms with Crippen LogP contribution in [0.5, 0.6) is 0 Å². The Morgan fingerprint density at radius 2 is 1.00 bits per heavy atom. The molecule has 2 nitrogen and oxygen atoms in total. The molecule has 0 aliphatic heterocycles. The van der Waals surface area contributed by atoms with E-state index < -0.39 is 0 Å². The van der Waals surface area contributed by atoms with Crippen molar-refractivity contribution in [2.75, 3.05) is 13.2 Å². The molecule has 0 bridgehead atoms. The van der Waals surface area contributed by atoms with Gasteiger partial charge in [-0.15, -0.1) is 0 Å². The lowest BCUT2D eigenvalue weighted by Gasteiger charge is -1.93. The maximum atomic E-state index is 8.30. The van der Waals surface area contributed by atoms with Gasteiger partial charge in [0.15, 0.2) is 0 Å². The summed E-state index contributed by atoms with van der Waals surface area (Å²) >= 11 is 0. The van der Waals surface area contributed by atoms with Crippen molar-refractivity contribution in [3.05, 3.63) is 0 Å². The first-order chi connectivity index (χ1) is 3.91. The first-order valence-corrected chi connectivity index (χ1v) is 3.13. The summed E-state index contributed by atoms with van der Waals surface area (Å²) in [5, 5.41) is 16.6. The van der Waals surface area contributed by atoms with Crippen molar-refractivity contribution in [3.8, 4) is 0 Å². The van der Waals surface area contributed by atoms with Crippen molar-refractivity contribution >= 4 is 23.1 Å². The van der Waals surface area contributed by atoms with Gasteiger partial charge in [0, 0.05) is 13.2 Å². The van der Waals surface area contributed by atoms with Gasteiger partial charge in [0.2, 0.25) is 0 Å². The van der Waals surface area contributed by atoms with Gasteiger partial charge in [-0.1, -0.05) is 12.8 Å². The van der Waals surface area contributed by atoms with Crippen LogP contribution < -0.4 is 0 Å². The van der Waals surface area contributed by atoms with E-state index in [1.54, 1.807) is 0 Å². The van der Waals surface area contributed by atoms with E-state index in [4.69, 9.17) is 10.2 Å². The minimum absolute atomic E-state index is 0. The monoisotopic (exact) mass is 144 g/mol. The lowest BCUT2D eigenvalue weighted by atomic mass is 10.2. The highest BCUT2D eigenvalue weighted by molar-refractivity contribution is 5.75. The molecule has 3 heteroatoms. The molecule has 0 aliphatic rings. The zero-order chi connectivity index (χ0) is 6.24. The summed E-state index contributed by atoms with van der Waals surface area (Å²) in [6.07, 6.45) is 3.83. The number of aliphatic hydroxyl groups excluding tert-OH is 2. The zero-order valence-corrected chi connectivity index (χ0v) is 5.14. The lowest BCUT2D eigenvalue weighted by molar-refractivity contribution is 0.265. The molecule has 0 aromatic heterocycles. The predicted octanol–water partition coefficient (Wildman–Crippen LogP) is -0.385. The van der Waals surface area contributed by atoms with Crippen molar-refractivity contribution in [2.24, 2.45) is 0 Å². The van der Waals surface area contributed by atoms with E-state index in [1.165, 1.54) is 0 Å². The van der Waals surface area contributed by atoms with Crippen LogP contribution in [-0.4, -0.2) is 46.5 Å². The van der Waals surface area contributed by atoms with Crippen LogP contribution in [-0.2, 0) is 0 Å². The van der Waals surface area contributed by atoms with E-state index in [0.717, 1.165) is 25.7 Å². The minimum Gasteiger partial charge on any atom is -0.396 e. The third-order valence-corrected chi connectivity index (χ3v) is 1.07. The molecule has 0 aromatic rings. The fourth-order valence-corrected chi connectivity index (χ4v) is 0.577. The van der Waals surface area contributed by atoms with Crippen LogP contribution in [0.3, 0.4) is 0 Å². The molecule has 0 heterocycles. The Bertz CT molecular complexity index is 36.0. The second-order valence-electron chi connectivity index (χ2n) is 1.86. The van der Waals surface area contributed by atoms with Crippen LogP contribution in [0, 0.1) is 0 Å². The van der Waals surface area contributed by atoms with Gasteiger partial charge < -0.3 is 10.2 Å². The first kappa shape index (κ1) is 12.4. The lowest BCUT2D eigenvalue weighted by Crippen LogP contribution is -1.85. The van der Waals surface area contributed by atoms with Gasteiger partial charge >= 0.3 is 23.1 Å². The predicted molar refractivity (Wildman–Crippen MR) is 41.2 cm³/mol. The summed E-state index contributed by atoms with van der Waals surface area (Å²) in [5.74, 6) is 0. The molecule has 0 saturated heterocycles. The highest BCUT2D eigenvalue weighted by atomic mass is 24.3. The Morgan fingerprint density at radius 3 is 1.22 bits per heavy atom. The Hall–Kier alpha value is 0.686. The van der Waals surface area contributed by atoms with Crippen LogP contribution >= 0.6 is 0 Å². The van der Waals surface area contributed by atoms with Crippen molar-refractivity contribution in [3.63, 3.8) is 0 Å². The SMILES string of the molecule is OCCCCCCO.[MgH2]. The van der Waals surface area contributed by atoms with Crippen molar-refractivity contribution in [2.45, 2.75) is 25.7 Å². The fraction of sp³-hybridized carbons (Fsp3) is 1.00. The summed E-state index contributed by atoms with van der Waals surface area (Å²) in [5.41, 5.74) is 0. The Balaban J connectivity index is 0. The van der Waals surface area contributed by atoms with E-state index in [2.05, 4.69) is 0 Å². The Labute approximate surface area is 72.4 Å². The van der Waals surface area contributed by atoms with Crippen LogP contribution in [0.1, 0.15) is 25.7 Å². The molecular weight excluding hydrogens is 128 g/mol. The largest absolute Gasteiger partial charge is 0.396 e. The number of rotatable bonds is 5. The third-order valence-electron chi connectivity index (χ3n) is 1.07. The fourth-order valence-electron chi connectivity index (χ4n) is 0.577. The second kappa shape index (κ2) is 11.5. The summed E-state index contributed by atoms with van der Waals surface area (Å²) in [7, 11) is 0. The van der Waals surface area contributed by atoms with E-state index >= 15 is 0 Å². The molecule has 0 saturated carbocycles. The summed E-state index contributed by atoms with van der Waals surface area (Å²) in [4.78, 5) is 0. The van der Waals surface area contributed by atoms with Gasteiger partial charge in [0.25, 0.3) is 0 Å². The summed E-state index contributed by atoms with van der Waals surface area (Å²) in [6.45, 7) is 0.566. The van der Waals surface area contributed by atoms with Gasteiger partial charge in [-0.05, 0) is 12.8 Å². The van der Waals surface area contributed by atoms with E-state index in [1.807, 2.05) is 0 Å². The molecule has 0 atom stereocenters. The minimum atomic E-state index is 0. The van der Waals surface area contributed by atoms with Crippen molar-refractivity contribution in [1.29, 1.82) is 0 Å². The average Bonchev–Trinajstić information content (AvgIpc) is 1.81. The Kier molecular flexibility index (Phi) is 15.8. The number of hydrogen-bond acceptors (Lipinski definition) is 2. The molecule has 9 heavy (non-hydrogen) atoms. The molecule has 0 rings (SSSR count). The van der Waals surface area contributed by atoms with E-state index in [0.29, 0.717) is 0 Å². The molecule has 0 unspecified atom stereocenters. The maximum absolute atomic E-state index is 8.30. The third kappa shape index (κ3) is 12.0. The Morgan fingerprint density at radius 1 is 0.667 bits per heavy atom. The summed E-state index contributed by atoms with van der Waals surface area (Å²) in [6, 6.07) is 0. The summed E-state index contributed by atoms with van der Waals surface area (Å²) < 4.78 is 0. The van der Waals surface area contributed by atoms with Crippen molar-refractivity contribution < 1.29 is 10.2 Å². The van der Waals surface area contributed by atoms with Gasteiger partial charge in [-0.25, -0.2) is 0 Å². The van der Waals surface area contributed by atoms with Gasteiger partial charge in [0.1, 0.15) is 0 Å². The number of aliphatic hydroxyl groups is 2. The zero-order valence-electron chi connectivity index (χ0n) is 5.14. The molecule has 0 amide bonds.